The fourth-order valence-corrected chi connectivity index (χ4v) is 4.92. The van der Waals surface area contributed by atoms with E-state index in [0.717, 1.165) is 48.0 Å². The number of anilines is 1. The van der Waals surface area contributed by atoms with E-state index in [9.17, 15) is 10.1 Å². The Morgan fingerprint density at radius 1 is 1.12 bits per heavy atom. The molecule has 2 aliphatic rings. The van der Waals surface area contributed by atoms with E-state index in [-0.39, 0.29) is 5.69 Å². The van der Waals surface area contributed by atoms with E-state index in [4.69, 9.17) is 14.7 Å². The molecule has 2 aromatic heterocycles. The van der Waals surface area contributed by atoms with Crippen molar-refractivity contribution in [3.05, 3.63) is 58.0 Å². The van der Waals surface area contributed by atoms with Crippen molar-refractivity contribution in [2.75, 3.05) is 37.7 Å². The van der Waals surface area contributed by atoms with Crippen LogP contribution in [0.3, 0.4) is 0 Å². The number of aromatic nitrogens is 4. The van der Waals surface area contributed by atoms with E-state index < -0.39 is 4.92 Å². The fraction of sp³-hybridized carbons (Fsp3) is 0.381. The molecule has 5 rings (SSSR count). The lowest BCUT2D eigenvalue weighted by molar-refractivity contribution is -0.384. The largest absolute Gasteiger partial charge is 0.378 e. The minimum Gasteiger partial charge on any atom is -0.378 e. The van der Waals surface area contributed by atoms with Crippen molar-refractivity contribution < 1.29 is 9.66 Å². The van der Waals surface area contributed by atoms with Gasteiger partial charge in [0.1, 0.15) is 5.82 Å². The Bertz CT molecular complexity index is 1130. The standard InChI is InChI=1S/C21H23N7O3S/c1-25-13-17(12-22-25)32-27-7-6-18-19(14-27)23-20(15-2-4-16(5-3-15)28(29)30)24-21(18)26-8-10-31-11-9-26/h2-5,12-13H,6-11,14H2,1H3. The van der Waals surface area contributed by atoms with Gasteiger partial charge in [0.05, 0.1) is 41.5 Å². The van der Waals surface area contributed by atoms with Crippen LogP contribution in [0.4, 0.5) is 11.5 Å². The Hall–Kier alpha value is -3.02. The summed E-state index contributed by atoms with van der Waals surface area (Å²) >= 11 is 1.68. The van der Waals surface area contributed by atoms with E-state index in [1.165, 1.54) is 17.7 Å². The van der Waals surface area contributed by atoms with Gasteiger partial charge in [-0.25, -0.2) is 14.3 Å². The number of morpholine rings is 1. The molecule has 0 unspecified atom stereocenters. The van der Waals surface area contributed by atoms with Gasteiger partial charge in [0.15, 0.2) is 5.82 Å². The number of nitrogens with zero attached hydrogens (tertiary/aromatic N) is 7. The van der Waals surface area contributed by atoms with Crippen LogP contribution in [0.25, 0.3) is 11.4 Å². The molecule has 4 heterocycles. The molecule has 2 aliphatic heterocycles. The molecule has 0 atom stereocenters. The van der Waals surface area contributed by atoms with Crippen molar-refractivity contribution in [1.29, 1.82) is 0 Å². The molecule has 0 bridgehead atoms. The second-order valence-electron chi connectivity index (χ2n) is 7.75. The quantitative estimate of drug-likeness (QED) is 0.328. The maximum atomic E-state index is 11.0. The summed E-state index contributed by atoms with van der Waals surface area (Å²) in [6.07, 6.45) is 4.72. The van der Waals surface area contributed by atoms with Crippen LogP contribution in [0.5, 0.6) is 0 Å². The highest BCUT2D eigenvalue weighted by Gasteiger charge is 2.27. The summed E-state index contributed by atoms with van der Waals surface area (Å²) in [5, 5.41) is 15.3. The Balaban J connectivity index is 1.49. The number of ether oxygens (including phenoxy) is 1. The Morgan fingerprint density at radius 2 is 1.91 bits per heavy atom. The molecule has 1 fully saturated rings. The predicted molar refractivity (Wildman–Crippen MR) is 120 cm³/mol. The molecule has 166 valence electrons. The van der Waals surface area contributed by atoms with Gasteiger partial charge in [-0.1, -0.05) is 0 Å². The first-order valence-corrected chi connectivity index (χ1v) is 11.2. The minimum atomic E-state index is -0.399. The second kappa shape index (κ2) is 8.85. The van der Waals surface area contributed by atoms with Crippen LogP contribution < -0.4 is 4.90 Å². The van der Waals surface area contributed by atoms with Crippen LogP contribution in [0.15, 0.2) is 41.6 Å². The molecule has 11 heteroatoms. The van der Waals surface area contributed by atoms with Crippen molar-refractivity contribution in [3.8, 4) is 11.4 Å². The molecule has 1 saturated heterocycles. The van der Waals surface area contributed by atoms with Gasteiger partial charge in [-0.05, 0) is 30.5 Å². The number of rotatable bonds is 5. The summed E-state index contributed by atoms with van der Waals surface area (Å²) < 4.78 is 9.62. The summed E-state index contributed by atoms with van der Waals surface area (Å²) in [6.45, 7) is 4.51. The fourth-order valence-electron chi connectivity index (χ4n) is 3.96. The molecule has 0 spiro atoms. The summed E-state index contributed by atoms with van der Waals surface area (Å²) in [5.74, 6) is 1.55. The number of aryl methyl sites for hydroxylation is 1. The Kier molecular flexibility index (Phi) is 5.77. The molecule has 0 aliphatic carbocycles. The second-order valence-corrected chi connectivity index (χ2v) is 8.92. The number of nitro benzene ring substituents is 1. The Labute approximate surface area is 189 Å². The molecule has 0 radical (unpaired) electrons. The number of hydrogen-bond donors (Lipinski definition) is 0. The van der Waals surface area contributed by atoms with E-state index in [1.54, 1.807) is 28.8 Å². The van der Waals surface area contributed by atoms with Crippen LogP contribution in [0, 0.1) is 10.1 Å². The van der Waals surface area contributed by atoms with Gasteiger partial charge in [0.25, 0.3) is 5.69 Å². The zero-order valence-corrected chi connectivity index (χ0v) is 18.5. The average Bonchev–Trinajstić information content (AvgIpc) is 3.23. The van der Waals surface area contributed by atoms with Crippen molar-refractivity contribution in [3.63, 3.8) is 0 Å². The lowest BCUT2D eigenvalue weighted by Crippen LogP contribution is -2.39. The molecule has 0 saturated carbocycles. The normalized spacial score (nSPS) is 16.7. The molecule has 32 heavy (non-hydrogen) atoms. The molecular weight excluding hydrogens is 430 g/mol. The van der Waals surface area contributed by atoms with Gasteiger partial charge in [-0.3, -0.25) is 14.8 Å². The third kappa shape index (κ3) is 4.31. The van der Waals surface area contributed by atoms with Crippen LogP contribution in [-0.2, 0) is 24.8 Å². The molecule has 1 aromatic carbocycles. The van der Waals surface area contributed by atoms with Crippen molar-refractivity contribution in [2.24, 2.45) is 7.05 Å². The van der Waals surface area contributed by atoms with Gasteiger partial charge in [0, 0.05) is 56.1 Å². The highest BCUT2D eigenvalue weighted by atomic mass is 32.2. The Morgan fingerprint density at radius 3 is 2.59 bits per heavy atom. The number of fused-ring (bicyclic) bond motifs is 1. The summed E-state index contributed by atoms with van der Waals surface area (Å²) in [5.41, 5.74) is 3.00. The third-order valence-electron chi connectivity index (χ3n) is 5.57. The molecule has 10 nitrogen and oxygen atoms in total. The smallest absolute Gasteiger partial charge is 0.269 e. The maximum absolute atomic E-state index is 11.0. The first kappa shape index (κ1) is 20.9. The van der Waals surface area contributed by atoms with Gasteiger partial charge >= 0.3 is 0 Å². The maximum Gasteiger partial charge on any atom is 0.269 e. The average molecular weight is 454 g/mol. The SMILES string of the molecule is Cn1cc(SN2CCc3c(nc(-c4ccc([N+](=O)[O-])cc4)nc3N3CCOCC3)C2)cn1. The number of benzene rings is 1. The lowest BCUT2D eigenvalue weighted by atomic mass is 10.1. The van der Waals surface area contributed by atoms with Crippen molar-refractivity contribution in [2.45, 2.75) is 17.9 Å². The van der Waals surface area contributed by atoms with Crippen molar-refractivity contribution in [1.82, 2.24) is 24.1 Å². The van der Waals surface area contributed by atoms with Gasteiger partial charge in [-0.15, -0.1) is 0 Å². The summed E-state index contributed by atoms with van der Waals surface area (Å²) in [7, 11) is 1.91. The van der Waals surface area contributed by atoms with E-state index in [2.05, 4.69) is 14.3 Å². The zero-order valence-electron chi connectivity index (χ0n) is 17.7. The summed E-state index contributed by atoms with van der Waals surface area (Å²) in [6, 6.07) is 6.43. The molecule has 0 N–H and O–H groups in total. The predicted octanol–water partition coefficient (Wildman–Crippen LogP) is 2.69. The molecule has 3 aromatic rings. The monoisotopic (exact) mass is 453 g/mol. The molecular formula is C21H23N7O3S. The minimum absolute atomic E-state index is 0.0548. The van der Waals surface area contributed by atoms with Crippen molar-refractivity contribution >= 4 is 23.5 Å². The first-order valence-electron chi connectivity index (χ1n) is 10.5. The van der Waals surface area contributed by atoms with E-state index in [0.29, 0.717) is 25.6 Å². The van der Waals surface area contributed by atoms with Crippen LogP contribution >= 0.6 is 11.9 Å². The zero-order chi connectivity index (χ0) is 22.1. The summed E-state index contributed by atoms with van der Waals surface area (Å²) in [4.78, 5) is 23.8. The van der Waals surface area contributed by atoms with Gasteiger partial charge < -0.3 is 9.64 Å². The van der Waals surface area contributed by atoms with Gasteiger partial charge in [0.2, 0.25) is 0 Å². The van der Waals surface area contributed by atoms with Crippen LogP contribution in [0.1, 0.15) is 11.3 Å². The van der Waals surface area contributed by atoms with E-state index in [1.807, 2.05) is 19.4 Å². The van der Waals surface area contributed by atoms with Gasteiger partial charge in [-0.2, -0.15) is 5.10 Å². The lowest BCUT2D eigenvalue weighted by Gasteiger charge is -2.33. The number of non-ortho nitro benzene ring substituents is 1. The third-order valence-corrected chi connectivity index (χ3v) is 6.56. The topological polar surface area (TPSA) is 102 Å². The van der Waals surface area contributed by atoms with Crippen LogP contribution in [0.2, 0.25) is 0 Å². The molecule has 0 amide bonds. The number of hydrogen-bond acceptors (Lipinski definition) is 9. The highest BCUT2D eigenvalue weighted by molar-refractivity contribution is 7.97. The highest BCUT2D eigenvalue weighted by Crippen LogP contribution is 2.34. The van der Waals surface area contributed by atoms with E-state index >= 15 is 0 Å². The van der Waals surface area contributed by atoms with Crippen LogP contribution in [-0.4, -0.2) is 61.8 Å². The number of nitro groups is 1. The first-order chi connectivity index (χ1) is 15.6.